The van der Waals surface area contributed by atoms with Gasteiger partial charge in [-0.1, -0.05) is 11.8 Å². The third-order valence-electron chi connectivity index (χ3n) is 2.50. The van der Waals surface area contributed by atoms with Crippen LogP contribution in [0.3, 0.4) is 0 Å². The highest BCUT2D eigenvalue weighted by molar-refractivity contribution is 8.01. The molecule has 0 radical (unpaired) electrons. The topological polar surface area (TPSA) is 62.2 Å². The van der Waals surface area contributed by atoms with Crippen LogP contribution in [0.15, 0.2) is 9.72 Å². The van der Waals surface area contributed by atoms with Gasteiger partial charge >= 0.3 is 5.97 Å². The quantitative estimate of drug-likeness (QED) is 0.755. The number of aryl methyl sites for hydroxylation is 1. The molecule has 18 heavy (non-hydrogen) atoms. The lowest BCUT2D eigenvalue weighted by atomic mass is 9.98. The maximum absolute atomic E-state index is 11.3. The average Bonchev–Trinajstić information content (AvgIpc) is 2.63. The number of hydrogen-bond acceptors (Lipinski definition) is 5. The molecule has 0 aromatic carbocycles. The van der Waals surface area contributed by atoms with Gasteiger partial charge in [-0.05, 0) is 34.1 Å². The van der Waals surface area contributed by atoms with E-state index >= 15 is 0 Å². The minimum absolute atomic E-state index is 0.151. The van der Waals surface area contributed by atoms with Crippen LogP contribution in [0.1, 0.15) is 32.9 Å². The Morgan fingerprint density at radius 1 is 1.67 bits per heavy atom. The number of carboxylic acid groups (broad SMARTS) is 1. The molecule has 6 heteroatoms. The van der Waals surface area contributed by atoms with E-state index in [1.807, 2.05) is 26.2 Å². The van der Waals surface area contributed by atoms with Crippen LogP contribution in [0, 0.1) is 6.92 Å². The lowest BCUT2D eigenvalue weighted by molar-refractivity contribution is -0.144. The molecule has 0 saturated carbocycles. The maximum atomic E-state index is 11.3. The number of hydrogen-bond donors (Lipinski definition) is 2. The summed E-state index contributed by atoms with van der Waals surface area (Å²) in [5, 5.41) is 14.4. The van der Waals surface area contributed by atoms with Crippen molar-refractivity contribution in [3.63, 3.8) is 0 Å². The standard InChI is InChI=1S/C12H20N2O2S2/c1-8(2)14-12(4,10(15)16)5-6-17-11-13-9(3)7-18-11/h7-8,14H,5-6H2,1-4H3,(H,15,16). The number of rotatable bonds is 7. The highest BCUT2D eigenvalue weighted by Crippen LogP contribution is 2.25. The van der Waals surface area contributed by atoms with Gasteiger partial charge in [-0.2, -0.15) is 0 Å². The van der Waals surface area contributed by atoms with E-state index in [1.165, 1.54) is 0 Å². The van der Waals surface area contributed by atoms with Gasteiger partial charge in [0.1, 0.15) is 9.88 Å². The van der Waals surface area contributed by atoms with E-state index in [-0.39, 0.29) is 6.04 Å². The zero-order valence-corrected chi connectivity index (χ0v) is 12.8. The second-order valence-electron chi connectivity index (χ2n) is 4.79. The first-order chi connectivity index (χ1) is 8.33. The molecule has 0 aliphatic rings. The number of nitrogens with zero attached hydrogens (tertiary/aromatic N) is 1. The first-order valence-electron chi connectivity index (χ1n) is 5.89. The Kier molecular flexibility index (Phi) is 5.62. The van der Waals surface area contributed by atoms with Crippen molar-refractivity contribution in [2.24, 2.45) is 0 Å². The van der Waals surface area contributed by atoms with Gasteiger partial charge in [-0.3, -0.25) is 10.1 Å². The fraction of sp³-hybridized carbons (Fsp3) is 0.667. The van der Waals surface area contributed by atoms with Crippen molar-refractivity contribution in [1.82, 2.24) is 10.3 Å². The molecule has 1 unspecified atom stereocenters. The van der Waals surface area contributed by atoms with Crippen LogP contribution in [0.5, 0.6) is 0 Å². The normalized spacial score (nSPS) is 14.7. The van der Waals surface area contributed by atoms with Crippen molar-refractivity contribution in [2.45, 2.75) is 50.0 Å². The highest BCUT2D eigenvalue weighted by atomic mass is 32.2. The Balaban J connectivity index is 2.50. The lowest BCUT2D eigenvalue weighted by Crippen LogP contribution is -2.52. The van der Waals surface area contributed by atoms with Crippen LogP contribution in [0.4, 0.5) is 0 Å². The number of carboxylic acids is 1. The van der Waals surface area contributed by atoms with Gasteiger partial charge < -0.3 is 5.11 Å². The number of nitrogens with one attached hydrogen (secondary N) is 1. The van der Waals surface area contributed by atoms with E-state index in [0.29, 0.717) is 6.42 Å². The van der Waals surface area contributed by atoms with Crippen LogP contribution in [0.25, 0.3) is 0 Å². The van der Waals surface area contributed by atoms with Crippen molar-refractivity contribution < 1.29 is 9.90 Å². The van der Waals surface area contributed by atoms with E-state index < -0.39 is 11.5 Å². The summed E-state index contributed by atoms with van der Waals surface area (Å²) in [5.41, 5.74) is 0.150. The highest BCUT2D eigenvalue weighted by Gasteiger charge is 2.32. The fourth-order valence-corrected chi connectivity index (χ4v) is 3.70. The van der Waals surface area contributed by atoms with E-state index in [0.717, 1.165) is 15.8 Å². The summed E-state index contributed by atoms with van der Waals surface area (Å²) >= 11 is 3.22. The maximum Gasteiger partial charge on any atom is 0.323 e. The molecule has 4 nitrogen and oxygen atoms in total. The molecule has 0 bridgehead atoms. The van der Waals surface area contributed by atoms with Crippen molar-refractivity contribution >= 4 is 29.1 Å². The molecule has 0 spiro atoms. The summed E-state index contributed by atoms with van der Waals surface area (Å²) in [4.78, 5) is 15.7. The third kappa shape index (κ3) is 4.59. The van der Waals surface area contributed by atoms with Gasteiger partial charge in [0.15, 0.2) is 0 Å². The van der Waals surface area contributed by atoms with E-state index in [2.05, 4.69) is 10.3 Å². The molecular formula is C12H20N2O2S2. The first-order valence-corrected chi connectivity index (χ1v) is 7.76. The number of thioether (sulfide) groups is 1. The average molecular weight is 288 g/mol. The minimum atomic E-state index is -0.868. The summed E-state index contributed by atoms with van der Waals surface area (Å²) in [6.45, 7) is 7.61. The molecule has 0 aliphatic carbocycles. The summed E-state index contributed by atoms with van der Waals surface area (Å²) < 4.78 is 1.00. The Hall–Kier alpha value is -0.590. The fourth-order valence-electron chi connectivity index (χ4n) is 1.62. The molecule has 0 aliphatic heterocycles. The summed E-state index contributed by atoms with van der Waals surface area (Å²) in [7, 11) is 0. The summed E-state index contributed by atoms with van der Waals surface area (Å²) in [6.07, 6.45) is 0.573. The van der Waals surface area contributed by atoms with Gasteiger partial charge in [0.25, 0.3) is 0 Å². The van der Waals surface area contributed by atoms with Crippen LogP contribution >= 0.6 is 23.1 Å². The Morgan fingerprint density at radius 2 is 2.33 bits per heavy atom. The molecule has 0 amide bonds. The van der Waals surface area contributed by atoms with Crippen LogP contribution in [-0.2, 0) is 4.79 Å². The predicted octanol–water partition coefficient (Wildman–Crippen LogP) is 2.78. The van der Waals surface area contributed by atoms with Crippen LogP contribution < -0.4 is 5.32 Å². The summed E-state index contributed by atoms with van der Waals surface area (Å²) in [6, 6.07) is 0.151. The SMILES string of the molecule is Cc1csc(SCCC(C)(NC(C)C)C(=O)O)n1. The Labute approximate surface area is 116 Å². The molecule has 1 heterocycles. The third-order valence-corrected chi connectivity index (χ3v) is 4.65. The van der Waals surface area contributed by atoms with Gasteiger partial charge in [-0.15, -0.1) is 11.3 Å². The first kappa shape index (κ1) is 15.5. The Morgan fingerprint density at radius 3 is 2.78 bits per heavy atom. The van der Waals surface area contributed by atoms with Gasteiger partial charge in [-0.25, -0.2) is 4.98 Å². The van der Waals surface area contributed by atoms with Crippen molar-refractivity contribution in [2.75, 3.05) is 5.75 Å². The second kappa shape index (κ2) is 6.54. The number of thiazole rings is 1. The van der Waals surface area contributed by atoms with Gasteiger partial charge in [0.05, 0.1) is 0 Å². The molecule has 0 fully saturated rings. The van der Waals surface area contributed by atoms with Crippen molar-refractivity contribution in [3.8, 4) is 0 Å². The second-order valence-corrected chi connectivity index (χ2v) is 6.99. The lowest BCUT2D eigenvalue weighted by Gasteiger charge is -2.28. The smallest absolute Gasteiger partial charge is 0.323 e. The molecular weight excluding hydrogens is 268 g/mol. The molecule has 1 aromatic rings. The van der Waals surface area contributed by atoms with Gasteiger partial charge in [0, 0.05) is 22.9 Å². The van der Waals surface area contributed by atoms with E-state index in [4.69, 9.17) is 0 Å². The van der Waals surface area contributed by atoms with Crippen molar-refractivity contribution in [1.29, 1.82) is 0 Å². The zero-order chi connectivity index (χ0) is 13.8. The zero-order valence-electron chi connectivity index (χ0n) is 11.2. The molecule has 102 valence electrons. The monoisotopic (exact) mass is 288 g/mol. The van der Waals surface area contributed by atoms with Crippen LogP contribution in [-0.4, -0.2) is 33.4 Å². The molecule has 1 aromatic heterocycles. The number of aromatic nitrogens is 1. The van der Waals surface area contributed by atoms with Crippen LogP contribution in [0.2, 0.25) is 0 Å². The van der Waals surface area contributed by atoms with E-state index in [1.54, 1.807) is 30.0 Å². The Bertz CT molecular complexity index is 407. The molecule has 1 atom stereocenters. The van der Waals surface area contributed by atoms with Gasteiger partial charge in [0.2, 0.25) is 0 Å². The molecule has 2 N–H and O–H groups in total. The van der Waals surface area contributed by atoms with Crippen molar-refractivity contribution in [3.05, 3.63) is 11.1 Å². The molecule has 1 rings (SSSR count). The largest absolute Gasteiger partial charge is 0.480 e. The van der Waals surface area contributed by atoms with E-state index in [9.17, 15) is 9.90 Å². The predicted molar refractivity (Wildman–Crippen MR) is 76.5 cm³/mol. The summed E-state index contributed by atoms with van der Waals surface area (Å²) in [5.74, 6) is -0.0535. The molecule has 0 saturated heterocycles. The minimum Gasteiger partial charge on any atom is -0.480 e. The number of carbonyl (C=O) groups is 1. The number of aliphatic carboxylic acids is 1.